The molecular formula is C37H27N. The number of rotatable bonds is 5. The van der Waals surface area contributed by atoms with Crippen LogP contribution in [-0.2, 0) is 5.41 Å². The second-order valence-corrected chi connectivity index (χ2v) is 9.82. The number of hydrogen-bond donors (Lipinski definition) is 1. The molecule has 0 aliphatic heterocycles. The molecule has 1 N–H and O–H groups in total. The van der Waals surface area contributed by atoms with Crippen LogP contribution in [0.3, 0.4) is 0 Å². The maximum absolute atomic E-state index is 3.74. The van der Waals surface area contributed by atoms with E-state index in [1.165, 1.54) is 44.5 Å². The molecule has 0 unspecified atom stereocenters. The van der Waals surface area contributed by atoms with Crippen molar-refractivity contribution >= 4 is 11.4 Å². The molecule has 0 heterocycles. The quantitative estimate of drug-likeness (QED) is 0.256. The smallest absolute Gasteiger partial charge is 0.0713 e. The maximum Gasteiger partial charge on any atom is 0.0713 e. The molecule has 1 heteroatoms. The van der Waals surface area contributed by atoms with Crippen molar-refractivity contribution in [3.8, 4) is 22.3 Å². The van der Waals surface area contributed by atoms with E-state index in [1.54, 1.807) is 0 Å². The molecule has 0 radical (unpaired) electrons. The van der Waals surface area contributed by atoms with E-state index in [-0.39, 0.29) is 5.41 Å². The Morgan fingerprint density at radius 2 is 0.921 bits per heavy atom. The summed E-state index contributed by atoms with van der Waals surface area (Å²) in [5, 5.41) is 3.74. The van der Waals surface area contributed by atoms with Crippen molar-refractivity contribution in [2.45, 2.75) is 5.41 Å². The van der Waals surface area contributed by atoms with Gasteiger partial charge in [-0.05, 0) is 57.1 Å². The highest BCUT2D eigenvalue weighted by atomic mass is 14.9. The molecule has 38 heavy (non-hydrogen) atoms. The van der Waals surface area contributed by atoms with Gasteiger partial charge in [0.1, 0.15) is 0 Å². The first-order chi connectivity index (χ1) is 18.9. The van der Waals surface area contributed by atoms with Crippen molar-refractivity contribution in [3.05, 3.63) is 180 Å². The molecule has 0 saturated carbocycles. The highest BCUT2D eigenvalue weighted by molar-refractivity contribution is 5.89. The van der Waals surface area contributed by atoms with E-state index in [4.69, 9.17) is 0 Å². The van der Waals surface area contributed by atoms with Crippen LogP contribution in [0.25, 0.3) is 22.3 Å². The molecule has 0 bridgehead atoms. The number of nitrogens with one attached hydrogen (secondary N) is 1. The summed E-state index contributed by atoms with van der Waals surface area (Å²) >= 11 is 0. The maximum atomic E-state index is 3.74. The van der Waals surface area contributed by atoms with Crippen LogP contribution in [0.15, 0.2) is 158 Å². The number of anilines is 2. The largest absolute Gasteiger partial charge is 0.355 e. The summed E-state index contributed by atoms with van der Waals surface area (Å²) < 4.78 is 0. The van der Waals surface area contributed by atoms with Gasteiger partial charge in [0.25, 0.3) is 0 Å². The van der Waals surface area contributed by atoms with E-state index in [2.05, 4.69) is 163 Å². The Kier molecular flexibility index (Phi) is 5.41. The van der Waals surface area contributed by atoms with E-state index in [0.29, 0.717) is 0 Å². The number of hydrogen-bond acceptors (Lipinski definition) is 1. The molecular weight excluding hydrogens is 458 g/mol. The summed E-state index contributed by atoms with van der Waals surface area (Å²) in [6.45, 7) is 0. The SMILES string of the molecule is c1ccc(-c2ccccc2Nc2ccc3c(c2)-c2ccccc2C3(c2ccccc2)c2ccccc2)cc1. The van der Waals surface area contributed by atoms with Crippen molar-refractivity contribution in [1.29, 1.82) is 0 Å². The van der Waals surface area contributed by atoms with Crippen molar-refractivity contribution in [2.75, 3.05) is 5.32 Å². The minimum absolute atomic E-state index is 0.366. The fraction of sp³-hybridized carbons (Fsp3) is 0.0270. The topological polar surface area (TPSA) is 12.0 Å². The van der Waals surface area contributed by atoms with Gasteiger partial charge in [0, 0.05) is 16.9 Å². The van der Waals surface area contributed by atoms with E-state index in [9.17, 15) is 0 Å². The second-order valence-electron chi connectivity index (χ2n) is 9.82. The second kappa shape index (κ2) is 9.21. The van der Waals surface area contributed by atoms with Gasteiger partial charge in [-0.25, -0.2) is 0 Å². The molecule has 0 fully saturated rings. The van der Waals surface area contributed by atoms with Crippen LogP contribution >= 0.6 is 0 Å². The lowest BCUT2D eigenvalue weighted by Gasteiger charge is -2.33. The van der Waals surface area contributed by atoms with Gasteiger partial charge in [0.2, 0.25) is 0 Å². The molecule has 180 valence electrons. The standard InChI is InChI=1S/C37H27N/c1-4-14-27(15-5-1)31-20-11-13-23-36(31)38-30-24-25-35-33(26-30)32-21-10-12-22-34(32)37(35,28-16-6-2-7-17-28)29-18-8-3-9-19-29/h1-26,38H. The monoisotopic (exact) mass is 485 g/mol. The average Bonchev–Trinajstić information content (AvgIpc) is 3.29. The summed E-state index contributed by atoms with van der Waals surface area (Å²) in [6.07, 6.45) is 0. The Balaban J connectivity index is 1.42. The molecule has 1 aliphatic carbocycles. The van der Waals surface area contributed by atoms with Crippen LogP contribution in [0.1, 0.15) is 22.3 Å². The third-order valence-electron chi connectivity index (χ3n) is 7.75. The summed E-state index contributed by atoms with van der Waals surface area (Å²) in [5.41, 5.74) is 12.0. The fourth-order valence-corrected chi connectivity index (χ4v) is 6.14. The zero-order valence-corrected chi connectivity index (χ0v) is 21.0. The van der Waals surface area contributed by atoms with Gasteiger partial charge in [-0.15, -0.1) is 0 Å². The van der Waals surface area contributed by atoms with E-state index < -0.39 is 0 Å². The van der Waals surface area contributed by atoms with Gasteiger partial charge in [-0.3, -0.25) is 0 Å². The van der Waals surface area contributed by atoms with Crippen molar-refractivity contribution in [3.63, 3.8) is 0 Å². The fourth-order valence-electron chi connectivity index (χ4n) is 6.14. The minimum atomic E-state index is -0.366. The Morgan fingerprint density at radius 1 is 0.395 bits per heavy atom. The molecule has 0 aromatic heterocycles. The molecule has 6 aromatic carbocycles. The third kappa shape index (κ3) is 3.48. The summed E-state index contributed by atoms with van der Waals surface area (Å²) in [5.74, 6) is 0. The predicted octanol–water partition coefficient (Wildman–Crippen LogP) is 9.46. The van der Waals surface area contributed by atoms with Gasteiger partial charge >= 0.3 is 0 Å². The molecule has 1 aliphatic rings. The minimum Gasteiger partial charge on any atom is -0.355 e. The summed E-state index contributed by atoms with van der Waals surface area (Å²) in [7, 11) is 0. The first kappa shape index (κ1) is 22.3. The molecule has 1 nitrogen and oxygen atoms in total. The molecule has 7 rings (SSSR count). The number of benzene rings is 6. The Morgan fingerprint density at radius 3 is 1.61 bits per heavy atom. The molecule has 0 atom stereocenters. The van der Waals surface area contributed by atoms with E-state index in [1.807, 2.05) is 0 Å². The van der Waals surface area contributed by atoms with Gasteiger partial charge in [0.05, 0.1) is 5.41 Å². The van der Waals surface area contributed by atoms with E-state index >= 15 is 0 Å². The van der Waals surface area contributed by atoms with Crippen LogP contribution in [0.4, 0.5) is 11.4 Å². The highest BCUT2D eigenvalue weighted by Crippen LogP contribution is 2.56. The van der Waals surface area contributed by atoms with Crippen LogP contribution in [0.5, 0.6) is 0 Å². The Hall–Kier alpha value is -4.88. The molecule has 6 aromatic rings. The zero-order valence-electron chi connectivity index (χ0n) is 21.0. The van der Waals surface area contributed by atoms with Crippen molar-refractivity contribution < 1.29 is 0 Å². The zero-order chi connectivity index (χ0) is 25.4. The highest BCUT2D eigenvalue weighted by Gasteiger charge is 2.45. The van der Waals surface area contributed by atoms with Crippen molar-refractivity contribution in [1.82, 2.24) is 0 Å². The normalized spacial score (nSPS) is 12.9. The number of fused-ring (bicyclic) bond motifs is 3. The van der Waals surface area contributed by atoms with Crippen LogP contribution in [0.2, 0.25) is 0 Å². The lowest BCUT2D eigenvalue weighted by Crippen LogP contribution is -2.28. The first-order valence-corrected chi connectivity index (χ1v) is 13.1. The lowest BCUT2D eigenvalue weighted by atomic mass is 9.68. The Labute approximate surface area is 224 Å². The third-order valence-corrected chi connectivity index (χ3v) is 7.75. The van der Waals surface area contributed by atoms with Gasteiger partial charge in [-0.2, -0.15) is 0 Å². The lowest BCUT2D eigenvalue weighted by molar-refractivity contribution is 0.768. The summed E-state index contributed by atoms with van der Waals surface area (Å²) in [6, 6.07) is 56.7. The van der Waals surface area contributed by atoms with Gasteiger partial charge < -0.3 is 5.32 Å². The number of para-hydroxylation sites is 1. The van der Waals surface area contributed by atoms with Gasteiger partial charge in [-0.1, -0.05) is 140 Å². The first-order valence-electron chi connectivity index (χ1n) is 13.1. The molecule has 0 saturated heterocycles. The van der Waals surface area contributed by atoms with Crippen LogP contribution in [-0.4, -0.2) is 0 Å². The van der Waals surface area contributed by atoms with Gasteiger partial charge in [0.15, 0.2) is 0 Å². The predicted molar refractivity (Wildman–Crippen MR) is 159 cm³/mol. The van der Waals surface area contributed by atoms with Crippen LogP contribution < -0.4 is 5.32 Å². The van der Waals surface area contributed by atoms with Crippen molar-refractivity contribution in [2.24, 2.45) is 0 Å². The van der Waals surface area contributed by atoms with E-state index in [0.717, 1.165) is 11.4 Å². The molecule has 0 spiro atoms. The van der Waals surface area contributed by atoms with Crippen LogP contribution in [0, 0.1) is 0 Å². The molecule has 0 amide bonds. The Bertz CT molecular complexity index is 1680. The summed E-state index contributed by atoms with van der Waals surface area (Å²) in [4.78, 5) is 0. The average molecular weight is 486 g/mol.